The first-order valence-electron chi connectivity index (χ1n) is 8.72. The number of nitrogens with one attached hydrogen (secondary N) is 2. The summed E-state index contributed by atoms with van der Waals surface area (Å²) in [5.41, 5.74) is 0.952. The zero-order chi connectivity index (χ0) is 18.8. The van der Waals surface area contributed by atoms with Crippen molar-refractivity contribution < 1.29 is 0 Å². The number of terminal acetylenes is 1. The van der Waals surface area contributed by atoms with Gasteiger partial charge < -0.3 is 10.6 Å². The van der Waals surface area contributed by atoms with Crippen LogP contribution >= 0.6 is 12.2 Å². The molecule has 0 aliphatic heterocycles. The maximum atomic E-state index is 5.47. The van der Waals surface area contributed by atoms with Crippen LogP contribution in [0, 0.1) is 12.3 Å². The number of imidazole rings is 1. The van der Waals surface area contributed by atoms with Gasteiger partial charge in [-0.15, -0.1) is 6.42 Å². The second kappa shape index (κ2) is 10.5. The highest BCUT2D eigenvalue weighted by molar-refractivity contribution is 7.80. The van der Waals surface area contributed by atoms with Gasteiger partial charge in [0.1, 0.15) is 24.3 Å². The van der Waals surface area contributed by atoms with Crippen LogP contribution < -0.4 is 10.6 Å². The van der Waals surface area contributed by atoms with Crippen molar-refractivity contribution in [3.8, 4) is 18.2 Å². The zero-order valence-corrected chi connectivity index (χ0v) is 16.1. The maximum absolute atomic E-state index is 5.47. The molecule has 2 aromatic heterocycles. The molecule has 26 heavy (non-hydrogen) atoms. The Balaban J connectivity index is 2.06. The Morgan fingerprint density at radius 1 is 1.35 bits per heavy atom. The Morgan fingerprint density at radius 3 is 2.92 bits per heavy atom. The van der Waals surface area contributed by atoms with Crippen LogP contribution in [0.1, 0.15) is 32.4 Å². The highest BCUT2D eigenvalue weighted by Gasteiger charge is 2.09. The van der Waals surface area contributed by atoms with E-state index in [1.807, 2.05) is 23.8 Å². The minimum atomic E-state index is 0.532. The Morgan fingerprint density at radius 2 is 2.19 bits per heavy atom. The lowest BCUT2D eigenvalue weighted by molar-refractivity contribution is 0.291. The molecular weight excluding hydrogens is 346 g/mol. The summed E-state index contributed by atoms with van der Waals surface area (Å²) in [5, 5.41) is 6.60. The zero-order valence-electron chi connectivity index (χ0n) is 15.3. The fourth-order valence-corrected chi connectivity index (χ4v) is 2.65. The number of nitrogens with zero attached hydrogens (tertiary/aromatic N) is 5. The molecule has 0 aromatic carbocycles. The van der Waals surface area contributed by atoms with Gasteiger partial charge in [0, 0.05) is 25.4 Å². The molecule has 2 rings (SSSR count). The SMILES string of the molecule is C#CCN(CCCC)Cc1cn(-c2cc(NC(=S)NCC)ncn2)cn1. The highest BCUT2D eigenvalue weighted by Crippen LogP contribution is 2.11. The molecule has 138 valence electrons. The van der Waals surface area contributed by atoms with Gasteiger partial charge in [0.25, 0.3) is 0 Å². The van der Waals surface area contributed by atoms with E-state index in [4.69, 9.17) is 18.6 Å². The van der Waals surface area contributed by atoms with Crippen LogP contribution in [0.2, 0.25) is 0 Å². The molecule has 7 nitrogen and oxygen atoms in total. The first-order valence-corrected chi connectivity index (χ1v) is 9.13. The number of thiocarbonyl (C=S) groups is 1. The van der Waals surface area contributed by atoms with E-state index < -0.39 is 0 Å². The second-order valence-electron chi connectivity index (χ2n) is 5.79. The Kier molecular flexibility index (Phi) is 7.99. The molecule has 0 saturated carbocycles. The maximum Gasteiger partial charge on any atom is 0.171 e. The molecule has 2 N–H and O–H groups in total. The summed E-state index contributed by atoms with van der Waals surface area (Å²) in [6.45, 7) is 7.22. The smallest absolute Gasteiger partial charge is 0.171 e. The average Bonchev–Trinajstić information content (AvgIpc) is 3.09. The van der Waals surface area contributed by atoms with Gasteiger partial charge in [-0.3, -0.25) is 9.47 Å². The quantitative estimate of drug-likeness (QED) is 0.517. The van der Waals surface area contributed by atoms with Crippen molar-refractivity contribution in [2.24, 2.45) is 0 Å². The molecule has 0 saturated heterocycles. The van der Waals surface area contributed by atoms with Gasteiger partial charge in [0.15, 0.2) is 5.11 Å². The number of rotatable bonds is 9. The van der Waals surface area contributed by atoms with E-state index in [0.717, 1.165) is 44.0 Å². The van der Waals surface area contributed by atoms with E-state index in [-0.39, 0.29) is 0 Å². The minimum Gasteiger partial charge on any atom is -0.363 e. The lowest BCUT2D eigenvalue weighted by Gasteiger charge is -2.17. The summed E-state index contributed by atoms with van der Waals surface area (Å²) < 4.78 is 1.87. The van der Waals surface area contributed by atoms with Gasteiger partial charge in [0.2, 0.25) is 0 Å². The van der Waals surface area contributed by atoms with Crippen molar-refractivity contribution in [1.82, 2.24) is 29.7 Å². The average molecular weight is 372 g/mol. The monoisotopic (exact) mass is 371 g/mol. The Bertz CT molecular complexity index is 750. The third kappa shape index (κ3) is 6.10. The summed E-state index contributed by atoms with van der Waals surface area (Å²) >= 11 is 5.18. The van der Waals surface area contributed by atoms with Crippen LogP contribution in [0.25, 0.3) is 5.82 Å². The fraction of sp³-hybridized carbons (Fsp3) is 0.444. The van der Waals surface area contributed by atoms with Crippen LogP contribution in [0.4, 0.5) is 5.82 Å². The summed E-state index contributed by atoms with van der Waals surface area (Å²) in [7, 11) is 0. The summed E-state index contributed by atoms with van der Waals surface area (Å²) in [6.07, 6.45) is 12.9. The molecule has 8 heteroatoms. The number of aromatic nitrogens is 4. The van der Waals surface area contributed by atoms with Gasteiger partial charge in [-0.25, -0.2) is 15.0 Å². The molecule has 0 fully saturated rings. The lowest BCUT2D eigenvalue weighted by atomic mass is 10.3. The van der Waals surface area contributed by atoms with Crippen molar-refractivity contribution in [1.29, 1.82) is 0 Å². The molecule has 0 atom stereocenters. The molecule has 0 amide bonds. The van der Waals surface area contributed by atoms with Crippen LogP contribution in [0.3, 0.4) is 0 Å². The number of unbranched alkanes of at least 4 members (excludes halogenated alkanes) is 1. The topological polar surface area (TPSA) is 70.9 Å². The van der Waals surface area contributed by atoms with Crippen molar-refractivity contribution in [3.05, 3.63) is 30.6 Å². The molecule has 0 radical (unpaired) electrons. The summed E-state index contributed by atoms with van der Waals surface area (Å²) in [4.78, 5) is 15.2. The molecule has 2 heterocycles. The third-order valence-corrected chi connectivity index (χ3v) is 3.91. The van der Waals surface area contributed by atoms with E-state index in [0.29, 0.717) is 17.5 Å². The molecule has 0 aliphatic carbocycles. The fourth-order valence-electron chi connectivity index (χ4n) is 2.40. The van der Waals surface area contributed by atoms with Gasteiger partial charge >= 0.3 is 0 Å². The van der Waals surface area contributed by atoms with Crippen LogP contribution in [0.5, 0.6) is 0 Å². The van der Waals surface area contributed by atoms with Gasteiger partial charge in [0.05, 0.1) is 12.2 Å². The molecular formula is C18H25N7S. The van der Waals surface area contributed by atoms with Gasteiger partial charge in [-0.1, -0.05) is 19.3 Å². The minimum absolute atomic E-state index is 0.532. The molecule has 0 bridgehead atoms. The van der Waals surface area contributed by atoms with Crippen molar-refractivity contribution in [3.63, 3.8) is 0 Å². The second-order valence-corrected chi connectivity index (χ2v) is 6.19. The molecule has 2 aromatic rings. The predicted octanol–water partition coefficient (Wildman–Crippen LogP) is 2.20. The van der Waals surface area contributed by atoms with Crippen LogP contribution in [-0.4, -0.2) is 49.2 Å². The number of anilines is 1. The van der Waals surface area contributed by atoms with Crippen molar-refractivity contribution >= 4 is 23.1 Å². The Hall–Kier alpha value is -2.50. The van der Waals surface area contributed by atoms with Gasteiger partial charge in [-0.05, 0) is 32.1 Å². The van der Waals surface area contributed by atoms with E-state index >= 15 is 0 Å². The highest BCUT2D eigenvalue weighted by atomic mass is 32.1. The van der Waals surface area contributed by atoms with Crippen molar-refractivity contribution in [2.45, 2.75) is 33.2 Å². The molecule has 0 aliphatic rings. The van der Waals surface area contributed by atoms with E-state index in [9.17, 15) is 0 Å². The van der Waals surface area contributed by atoms with Crippen molar-refractivity contribution in [2.75, 3.05) is 25.0 Å². The van der Waals surface area contributed by atoms with Crippen LogP contribution in [-0.2, 0) is 6.54 Å². The number of hydrogen-bond donors (Lipinski definition) is 2. The standard InChI is InChI=1S/C18H25N7S/c1-4-7-9-24(8-5-2)11-15-12-25(14-22-15)17-10-16(20-13-21-17)23-18(26)19-6-3/h2,10,12-14H,4,6-9,11H2,1,3H3,(H2,19,20,21,23,26). The lowest BCUT2D eigenvalue weighted by Crippen LogP contribution is -2.28. The van der Waals surface area contributed by atoms with Crippen LogP contribution in [0.15, 0.2) is 24.9 Å². The normalized spacial score (nSPS) is 10.5. The van der Waals surface area contributed by atoms with E-state index in [1.165, 1.54) is 6.33 Å². The summed E-state index contributed by atoms with van der Waals surface area (Å²) in [5.74, 6) is 4.07. The molecule has 0 unspecified atom stereocenters. The first-order chi connectivity index (χ1) is 12.7. The number of hydrogen-bond acceptors (Lipinski definition) is 5. The Labute approximate surface area is 160 Å². The molecule has 0 spiro atoms. The summed E-state index contributed by atoms with van der Waals surface area (Å²) in [6, 6.07) is 1.82. The largest absolute Gasteiger partial charge is 0.363 e. The van der Waals surface area contributed by atoms with E-state index in [1.54, 1.807) is 6.33 Å². The van der Waals surface area contributed by atoms with Gasteiger partial charge in [-0.2, -0.15) is 0 Å². The van der Waals surface area contributed by atoms with E-state index in [2.05, 4.69) is 43.3 Å². The third-order valence-electron chi connectivity index (χ3n) is 3.66. The predicted molar refractivity (Wildman–Crippen MR) is 108 cm³/mol. The first kappa shape index (κ1) is 19.8.